The van der Waals surface area contributed by atoms with E-state index in [4.69, 9.17) is 5.73 Å². The van der Waals surface area contributed by atoms with E-state index in [-0.39, 0.29) is 5.92 Å². The molecule has 2 aromatic heterocycles. The van der Waals surface area contributed by atoms with Crippen LogP contribution in [0.2, 0.25) is 0 Å². The highest BCUT2D eigenvalue weighted by Gasteiger charge is 2.06. The first kappa shape index (κ1) is 14.3. The van der Waals surface area contributed by atoms with E-state index in [0.717, 1.165) is 37.6 Å². The van der Waals surface area contributed by atoms with Gasteiger partial charge in [0.15, 0.2) is 0 Å². The van der Waals surface area contributed by atoms with Crippen LogP contribution in [0.5, 0.6) is 0 Å². The van der Waals surface area contributed by atoms with Gasteiger partial charge in [-0.1, -0.05) is 13.8 Å². The largest absolute Gasteiger partial charge is 0.384 e. The molecule has 0 aliphatic heterocycles. The van der Waals surface area contributed by atoms with Gasteiger partial charge in [-0.15, -0.1) is 0 Å². The van der Waals surface area contributed by atoms with Gasteiger partial charge in [-0.3, -0.25) is 0 Å². The number of nitrogens with zero attached hydrogens (tertiary/aromatic N) is 4. The molecule has 0 unspecified atom stereocenters. The Kier molecular flexibility index (Phi) is 4.92. The Labute approximate surface area is 119 Å². The molecule has 6 heteroatoms. The highest BCUT2D eigenvalue weighted by atomic mass is 15.1. The van der Waals surface area contributed by atoms with Crippen molar-refractivity contribution >= 4 is 11.6 Å². The van der Waals surface area contributed by atoms with Gasteiger partial charge >= 0.3 is 0 Å². The molecule has 0 saturated heterocycles. The number of nitrogens with one attached hydrogen (secondary N) is 1. The first-order valence-corrected chi connectivity index (χ1v) is 6.99. The predicted molar refractivity (Wildman–Crippen MR) is 80.5 cm³/mol. The molecule has 0 radical (unpaired) electrons. The van der Waals surface area contributed by atoms with Crippen molar-refractivity contribution in [3.8, 4) is 0 Å². The number of aromatic nitrogens is 4. The zero-order chi connectivity index (χ0) is 14.4. The van der Waals surface area contributed by atoms with Crippen molar-refractivity contribution in [1.82, 2.24) is 19.5 Å². The number of hydrogen-bond acceptors (Lipinski definition) is 5. The molecule has 20 heavy (non-hydrogen) atoms. The summed E-state index contributed by atoms with van der Waals surface area (Å²) in [6.45, 7) is 5.99. The molecular weight excluding hydrogens is 252 g/mol. The highest BCUT2D eigenvalue weighted by molar-refractivity contribution is 5.44. The highest BCUT2D eigenvalue weighted by Crippen LogP contribution is 2.15. The van der Waals surface area contributed by atoms with Gasteiger partial charge in [0, 0.05) is 37.5 Å². The Morgan fingerprint density at radius 2 is 2.15 bits per heavy atom. The molecule has 0 amide bonds. The normalized spacial score (nSPS) is 10.9. The van der Waals surface area contributed by atoms with Crippen LogP contribution >= 0.6 is 0 Å². The Morgan fingerprint density at radius 3 is 2.85 bits per heavy atom. The van der Waals surface area contributed by atoms with Crippen LogP contribution in [0.1, 0.15) is 38.4 Å². The molecule has 0 spiro atoms. The van der Waals surface area contributed by atoms with Crippen molar-refractivity contribution in [1.29, 1.82) is 0 Å². The van der Waals surface area contributed by atoms with E-state index in [1.807, 2.05) is 12.5 Å². The molecule has 0 aromatic carbocycles. The lowest BCUT2D eigenvalue weighted by Crippen LogP contribution is -2.09. The number of nitrogens with two attached hydrogens (primary N) is 1. The Hall–Kier alpha value is -2.11. The minimum absolute atomic E-state index is 0.278. The number of imidazole rings is 1. The van der Waals surface area contributed by atoms with Crippen LogP contribution in [0.3, 0.4) is 0 Å². The van der Waals surface area contributed by atoms with E-state index in [9.17, 15) is 0 Å². The van der Waals surface area contributed by atoms with Crippen molar-refractivity contribution in [3.05, 3.63) is 30.6 Å². The second-order valence-corrected chi connectivity index (χ2v) is 5.13. The molecule has 0 bridgehead atoms. The zero-order valence-electron chi connectivity index (χ0n) is 12.1. The van der Waals surface area contributed by atoms with Crippen molar-refractivity contribution in [3.63, 3.8) is 0 Å². The average Bonchev–Trinajstić information content (AvgIpc) is 2.91. The van der Waals surface area contributed by atoms with Gasteiger partial charge in [0.05, 0.1) is 6.33 Å². The standard InChI is InChI=1S/C14H22N6/c1-11(2)14-18-12(15)9-13(19-14)17-5-3-4-7-20-8-6-16-10-20/h6,8-11H,3-5,7H2,1-2H3,(H3,15,17,18,19). The smallest absolute Gasteiger partial charge is 0.135 e. The summed E-state index contributed by atoms with van der Waals surface area (Å²) in [5, 5.41) is 3.30. The van der Waals surface area contributed by atoms with Crippen molar-refractivity contribution < 1.29 is 0 Å². The van der Waals surface area contributed by atoms with Crippen LogP contribution in [-0.4, -0.2) is 26.1 Å². The predicted octanol–water partition coefficient (Wildman–Crippen LogP) is 2.27. The van der Waals surface area contributed by atoms with Crippen molar-refractivity contribution in [2.75, 3.05) is 17.6 Å². The summed E-state index contributed by atoms with van der Waals surface area (Å²) < 4.78 is 2.08. The van der Waals surface area contributed by atoms with E-state index in [1.54, 1.807) is 12.3 Å². The quantitative estimate of drug-likeness (QED) is 0.757. The lowest BCUT2D eigenvalue weighted by molar-refractivity contribution is 0.620. The number of unbranched alkanes of at least 4 members (excludes halogenated alkanes) is 1. The first-order valence-electron chi connectivity index (χ1n) is 6.99. The zero-order valence-corrected chi connectivity index (χ0v) is 12.1. The van der Waals surface area contributed by atoms with Crippen molar-refractivity contribution in [2.24, 2.45) is 0 Å². The third kappa shape index (κ3) is 4.22. The van der Waals surface area contributed by atoms with Crippen LogP contribution in [0.15, 0.2) is 24.8 Å². The summed E-state index contributed by atoms with van der Waals surface area (Å²) in [4.78, 5) is 12.7. The first-order chi connectivity index (χ1) is 9.65. The van der Waals surface area contributed by atoms with Crippen LogP contribution in [-0.2, 0) is 6.54 Å². The fourth-order valence-corrected chi connectivity index (χ4v) is 1.89. The van der Waals surface area contributed by atoms with Gasteiger partial charge in [-0.25, -0.2) is 15.0 Å². The second-order valence-electron chi connectivity index (χ2n) is 5.13. The Balaban J connectivity index is 1.76. The maximum absolute atomic E-state index is 5.79. The van der Waals surface area contributed by atoms with Gasteiger partial charge < -0.3 is 15.6 Å². The molecule has 0 atom stereocenters. The van der Waals surface area contributed by atoms with Crippen LogP contribution in [0, 0.1) is 0 Å². The molecule has 0 saturated carbocycles. The maximum atomic E-state index is 5.79. The molecule has 0 aliphatic carbocycles. The van der Waals surface area contributed by atoms with Crippen LogP contribution in [0.25, 0.3) is 0 Å². The number of hydrogen-bond donors (Lipinski definition) is 2. The van der Waals surface area contributed by atoms with E-state index >= 15 is 0 Å². The monoisotopic (exact) mass is 274 g/mol. The number of rotatable bonds is 7. The van der Waals surface area contributed by atoms with E-state index in [1.165, 1.54) is 0 Å². The van der Waals surface area contributed by atoms with Crippen molar-refractivity contribution in [2.45, 2.75) is 39.2 Å². The van der Waals surface area contributed by atoms with Gasteiger partial charge in [-0.2, -0.15) is 0 Å². The lowest BCUT2D eigenvalue weighted by atomic mass is 10.2. The summed E-state index contributed by atoms with van der Waals surface area (Å²) in [5.74, 6) is 2.39. The van der Waals surface area contributed by atoms with Gasteiger partial charge in [0.1, 0.15) is 17.5 Å². The molecule has 3 N–H and O–H groups in total. The second kappa shape index (κ2) is 6.88. The summed E-state index contributed by atoms with van der Waals surface area (Å²) in [7, 11) is 0. The molecule has 0 aliphatic rings. The van der Waals surface area contributed by atoms with Crippen LogP contribution in [0.4, 0.5) is 11.6 Å². The Bertz CT molecular complexity index is 520. The van der Waals surface area contributed by atoms with Gasteiger partial charge in [0.25, 0.3) is 0 Å². The summed E-state index contributed by atoms with van der Waals surface area (Å²) in [5.41, 5.74) is 5.79. The summed E-state index contributed by atoms with van der Waals surface area (Å²) >= 11 is 0. The number of aryl methyl sites for hydroxylation is 1. The third-order valence-corrected chi connectivity index (χ3v) is 2.99. The topological polar surface area (TPSA) is 81.6 Å². The summed E-state index contributed by atoms with van der Waals surface area (Å²) in [6, 6.07) is 1.78. The molecule has 0 fully saturated rings. The Morgan fingerprint density at radius 1 is 1.30 bits per heavy atom. The van der Waals surface area contributed by atoms with Gasteiger partial charge in [0.2, 0.25) is 0 Å². The lowest BCUT2D eigenvalue weighted by Gasteiger charge is -2.10. The van der Waals surface area contributed by atoms with E-state index < -0.39 is 0 Å². The summed E-state index contributed by atoms with van der Waals surface area (Å²) in [6.07, 6.45) is 7.79. The molecule has 6 nitrogen and oxygen atoms in total. The molecular formula is C14H22N6. The number of nitrogen functional groups attached to an aromatic ring is 1. The van der Waals surface area contributed by atoms with Crippen LogP contribution < -0.4 is 11.1 Å². The maximum Gasteiger partial charge on any atom is 0.135 e. The SMILES string of the molecule is CC(C)c1nc(N)cc(NCCCCn2ccnc2)n1. The molecule has 2 rings (SSSR count). The average molecular weight is 274 g/mol. The van der Waals surface area contributed by atoms with Gasteiger partial charge in [-0.05, 0) is 12.8 Å². The number of anilines is 2. The van der Waals surface area contributed by atoms with E-state index in [0.29, 0.717) is 5.82 Å². The fourth-order valence-electron chi connectivity index (χ4n) is 1.89. The minimum Gasteiger partial charge on any atom is -0.384 e. The molecule has 2 aromatic rings. The molecule has 108 valence electrons. The van der Waals surface area contributed by atoms with E-state index in [2.05, 4.69) is 38.7 Å². The fraction of sp³-hybridized carbons (Fsp3) is 0.500. The third-order valence-electron chi connectivity index (χ3n) is 2.99. The minimum atomic E-state index is 0.278. The molecule has 2 heterocycles.